The predicted octanol–water partition coefficient (Wildman–Crippen LogP) is 3.75. The van der Waals surface area contributed by atoms with E-state index in [0.717, 1.165) is 27.7 Å². The molecule has 0 amide bonds. The van der Waals surface area contributed by atoms with Crippen LogP contribution in [0.2, 0.25) is 0 Å². The molecule has 1 atom stereocenters. The van der Waals surface area contributed by atoms with Crippen molar-refractivity contribution in [1.82, 2.24) is 14.2 Å². The number of carbonyl (C=O) groups is 1. The molecule has 3 aromatic rings. The number of para-hydroxylation sites is 1. The quantitative estimate of drug-likeness (QED) is 0.615. The summed E-state index contributed by atoms with van der Waals surface area (Å²) in [7, 11) is -3.53. The van der Waals surface area contributed by atoms with Gasteiger partial charge in [0, 0.05) is 48.3 Å². The number of ketones is 1. The van der Waals surface area contributed by atoms with E-state index >= 15 is 0 Å². The number of benzene rings is 2. The third kappa shape index (κ3) is 4.18. The van der Waals surface area contributed by atoms with Gasteiger partial charge in [-0.2, -0.15) is 4.31 Å². The number of aromatic amines is 1. The summed E-state index contributed by atoms with van der Waals surface area (Å²) in [6.45, 7) is 7.84. The van der Waals surface area contributed by atoms with Crippen LogP contribution in [0.5, 0.6) is 0 Å². The van der Waals surface area contributed by atoms with Gasteiger partial charge in [0.05, 0.1) is 10.9 Å². The zero-order chi connectivity index (χ0) is 22.2. The number of nitrogens with one attached hydrogen (secondary N) is 1. The monoisotopic (exact) mass is 439 g/mol. The van der Waals surface area contributed by atoms with Crippen molar-refractivity contribution in [3.63, 3.8) is 0 Å². The molecule has 2 aromatic carbocycles. The van der Waals surface area contributed by atoms with E-state index < -0.39 is 10.0 Å². The highest BCUT2D eigenvalue weighted by atomic mass is 32.2. The molecule has 0 aliphatic carbocycles. The molecule has 1 fully saturated rings. The van der Waals surface area contributed by atoms with E-state index in [1.54, 1.807) is 16.4 Å². The molecule has 1 saturated heterocycles. The maximum absolute atomic E-state index is 13.4. The Morgan fingerprint density at radius 3 is 2.42 bits per heavy atom. The fourth-order valence-corrected chi connectivity index (χ4v) is 5.84. The highest BCUT2D eigenvalue weighted by molar-refractivity contribution is 7.89. The molecule has 0 radical (unpaired) electrons. The molecule has 0 bridgehead atoms. The summed E-state index contributed by atoms with van der Waals surface area (Å²) in [4.78, 5) is 19.1. The average molecular weight is 440 g/mol. The number of carbonyl (C=O) groups excluding carboxylic acids is 1. The summed E-state index contributed by atoms with van der Waals surface area (Å²) in [5.41, 5.74) is 3.59. The SMILES string of the molecule is Cc1ccc(S(=O)(=O)N2CCCN([C@H](C)C(=O)c3c(C)[nH]c4ccccc34)CC2)cc1. The Labute approximate surface area is 183 Å². The van der Waals surface area contributed by atoms with Gasteiger partial charge < -0.3 is 4.98 Å². The lowest BCUT2D eigenvalue weighted by atomic mass is 10.0. The van der Waals surface area contributed by atoms with E-state index in [-0.39, 0.29) is 11.8 Å². The van der Waals surface area contributed by atoms with E-state index in [9.17, 15) is 13.2 Å². The van der Waals surface area contributed by atoms with Gasteiger partial charge in [-0.15, -0.1) is 0 Å². The van der Waals surface area contributed by atoms with Crippen LogP contribution in [-0.2, 0) is 10.0 Å². The Kier molecular flexibility index (Phi) is 6.01. The van der Waals surface area contributed by atoms with Gasteiger partial charge in [-0.3, -0.25) is 9.69 Å². The highest BCUT2D eigenvalue weighted by Gasteiger charge is 2.31. The Bertz CT molecular complexity index is 1200. The molecule has 0 saturated carbocycles. The van der Waals surface area contributed by atoms with Gasteiger partial charge in [0.25, 0.3) is 0 Å². The van der Waals surface area contributed by atoms with Crippen LogP contribution in [0, 0.1) is 13.8 Å². The number of H-pyrrole nitrogens is 1. The molecule has 1 aliphatic rings. The Morgan fingerprint density at radius 1 is 0.968 bits per heavy atom. The highest BCUT2D eigenvalue weighted by Crippen LogP contribution is 2.25. The van der Waals surface area contributed by atoms with Crippen molar-refractivity contribution in [3.05, 3.63) is 65.4 Å². The minimum atomic E-state index is -3.53. The van der Waals surface area contributed by atoms with Crippen LogP contribution >= 0.6 is 0 Å². The zero-order valence-corrected chi connectivity index (χ0v) is 19.1. The number of hydrogen-bond acceptors (Lipinski definition) is 4. The third-order valence-corrected chi connectivity index (χ3v) is 8.13. The van der Waals surface area contributed by atoms with Crippen molar-refractivity contribution in [2.75, 3.05) is 26.2 Å². The maximum atomic E-state index is 13.4. The van der Waals surface area contributed by atoms with Crippen LogP contribution in [0.3, 0.4) is 0 Å². The summed E-state index contributed by atoms with van der Waals surface area (Å²) in [6, 6.07) is 14.5. The fraction of sp³-hybridized carbons (Fsp3) is 0.375. The van der Waals surface area contributed by atoms with Crippen molar-refractivity contribution in [2.24, 2.45) is 0 Å². The second-order valence-electron chi connectivity index (χ2n) is 8.32. The smallest absolute Gasteiger partial charge is 0.243 e. The lowest BCUT2D eigenvalue weighted by Gasteiger charge is -2.27. The summed E-state index contributed by atoms with van der Waals surface area (Å²) < 4.78 is 27.7. The molecular formula is C24H29N3O3S. The van der Waals surface area contributed by atoms with Crippen LogP contribution in [0.1, 0.15) is 35.0 Å². The molecule has 164 valence electrons. The second-order valence-corrected chi connectivity index (χ2v) is 10.3. The standard InChI is InChI=1S/C24H29N3O3S/c1-17-9-11-20(12-10-17)31(29,30)27-14-6-13-26(15-16-27)19(3)24(28)23-18(2)25-22-8-5-4-7-21(22)23/h4-5,7-12,19,25H,6,13-16H2,1-3H3/t19-/m1/s1. The van der Waals surface area contributed by atoms with Gasteiger partial charge >= 0.3 is 0 Å². The van der Waals surface area contributed by atoms with Crippen LogP contribution < -0.4 is 0 Å². The summed E-state index contributed by atoms with van der Waals surface area (Å²) in [5, 5.41) is 0.940. The molecule has 0 unspecified atom stereocenters. The van der Waals surface area contributed by atoms with E-state index in [1.807, 2.05) is 57.2 Å². The predicted molar refractivity (Wildman–Crippen MR) is 123 cm³/mol. The molecule has 6 nitrogen and oxygen atoms in total. The van der Waals surface area contributed by atoms with Crippen LogP contribution in [0.25, 0.3) is 10.9 Å². The minimum Gasteiger partial charge on any atom is -0.358 e. The van der Waals surface area contributed by atoms with E-state index in [0.29, 0.717) is 37.5 Å². The number of Topliss-reactive ketones (excluding diaryl/α,β-unsaturated/α-hetero) is 1. The van der Waals surface area contributed by atoms with Crippen LogP contribution in [-0.4, -0.2) is 60.6 Å². The first-order valence-corrected chi connectivity index (χ1v) is 12.2. The molecule has 7 heteroatoms. The maximum Gasteiger partial charge on any atom is 0.243 e. The summed E-state index contributed by atoms with van der Waals surface area (Å²) in [5.74, 6) is 0.0739. The van der Waals surface area contributed by atoms with Crippen LogP contribution in [0.4, 0.5) is 0 Å². The van der Waals surface area contributed by atoms with Gasteiger partial charge in [0.2, 0.25) is 10.0 Å². The Morgan fingerprint density at radius 2 is 1.68 bits per heavy atom. The number of aryl methyl sites for hydroxylation is 2. The normalized spacial score (nSPS) is 17.5. The topological polar surface area (TPSA) is 73.5 Å². The largest absolute Gasteiger partial charge is 0.358 e. The van der Waals surface area contributed by atoms with Crippen molar-refractivity contribution < 1.29 is 13.2 Å². The number of fused-ring (bicyclic) bond motifs is 1. The Hall–Kier alpha value is -2.48. The first-order valence-electron chi connectivity index (χ1n) is 10.7. The molecule has 31 heavy (non-hydrogen) atoms. The number of aromatic nitrogens is 1. The third-order valence-electron chi connectivity index (χ3n) is 6.22. The van der Waals surface area contributed by atoms with Gasteiger partial charge in [0.15, 0.2) is 5.78 Å². The van der Waals surface area contributed by atoms with E-state index in [4.69, 9.17) is 0 Å². The zero-order valence-electron chi connectivity index (χ0n) is 18.3. The molecule has 1 aromatic heterocycles. The molecule has 2 heterocycles. The molecule has 1 aliphatic heterocycles. The lowest BCUT2D eigenvalue weighted by molar-refractivity contribution is 0.0846. The van der Waals surface area contributed by atoms with Crippen LogP contribution in [0.15, 0.2) is 53.4 Å². The van der Waals surface area contributed by atoms with Gasteiger partial charge in [-0.25, -0.2) is 8.42 Å². The first-order chi connectivity index (χ1) is 14.8. The lowest BCUT2D eigenvalue weighted by Crippen LogP contribution is -2.42. The molecule has 1 N–H and O–H groups in total. The van der Waals surface area contributed by atoms with E-state index in [1.165, 1.54) is 0 Å². The minimum absolute atomic E-state index is 0.0739. The molecule has 0 spiro atoms. The summed E-state index contributed by atoms with van der Waals surface area (Å²) in [6.07, 6.45) is 0.690. The first kappa shape index (κ1) is 21.7. The van der Waals surface area contributed by atoms with Crippen molar-refractivity contribution in [1.29, 1.82) is 0 Å². The van der Waals surface area contributed by atoms with Crippen molar-refractivity contribution in [3.8, 4) is 0 Å². The number of hydrogen-bond donors (Lipinski definition) is 1. The number of sulfonamides is 1. The average Bonchev–Trinajstić information content (AvgIpc) is 2.91. The van der Waals surface area contributed by atoms with Gasteiger partial charge in [-0.05, 0) is 45.4 Å². The van der Waals surface area contributed by atoms with Gasteiger partial charge in [0.1, 0.15) is 0 Å². The summed E-state index contributed by atoms with van der Waals surface area (Å²) >= 11 is 0. The Balaban J connectivity index is 1.51. The van der Waals surface area contributed by atoms with Gasteiger partial charge in [-0.1, -0.05) is 35.9 Å². The second kappa shape index (κ2) is 8.57. The molecular weight excluding hydrogens is 410 g/mol. The van der Waals surface area contributed by atoms with Crippen molar-refractivity contribution in [2.45, 2.75) is 38.1 Å². The van der Waals surface area contributed by atoms with E-state index in [2.05, 4.69) is 9.88 Å². The fourth-order valence-electron chi connectivity index (χ4n) is 4.37. The number of rotatable bonds is 5. The molecule has 4 rings (SSSR count). The van der Waals surface area contributed by atoms with Crippen molar-refractivity contribution >= 4 is 26.7 Å². The number of nitrogens with zero attached hydrogens (tertiary/aromatic N) is 2.